The number of nitro groups is 1. The normalized spacial score (nSPS) is 10.9. The molecule has 2 aromatic carbocycles. The number of thiazole rings is 1. The number of hydrogen-bond donors (Lipinski definition) is 0. The summed E-state index contributed by atoms with van der Waals surface area (Å²) in [5.74, 6) is 0.429. The van der Waals surface area contributed by atoms with Gasteiger partial charge in [-0.2, -0.15) is 0 Å². The van der Waals surface area contributed by atoms with Crippen LogP contribution in [0.5, 0.6) is 0 Å². The molecule has 0 N–H and O–H groups in total. The Morgan fingerprint density at radius 2 is 2.00 bits per heavy atom. The van der Waals surface area contributed by atoms with Gasteiger partial charge in [0, 0.05) is 17.9 Å². The summed E-state index contributed by atoms with van der Waals surface area (Å²) in [6.07, 6.45) is 0. The summed E-state index contributed by atoms with van der Waals surface area (Å²) in [4.78, 5) is 14.8. The van der Waals surface area contributed by atoms with Crippen LogP contribution in [0.25, 0.3) is 10.2 Å². The van der Waals surface area contributed by atoms with Gasteiger partial charge in [0.15, 0.2) is 4.34 Å². The van der Waals surface area contributed by atoms with Gasteiger partial charge < -0.3 is 0 Å². The van der Waals surface area contributed by atoms with Crippen LogP contribution in [0.15, 0.2) is 46.8 Å². The molecule has 0 fully saturated rings. The molecule has 21 heavy (non-hydrogen) atoms. The molecule has 0 spiro atoms. The van der Waals surface area contributed by atoms with Crippen LogP contribution in [0.4, 0.5) is 10.1 Å². The molecule has 0 atom stereocenters. The quantitative estimate of drug-likeness (QED) is 0.399. The topological polar surface area (TPSA) is 56.0 Å². The lowest BCUT2D eigenvalue weighted by Crippen LogP contribution is -1.85. The van der Waals surface area contributed by atoms with E-state index in [1.807, 2.05) is 0 Å². The van der Waals surface area contributed by atoms with Gasteiger partial charge in [0.25, 0.3) is 5.69 Å². The molecule has 7 heteroatoms. The summed E-state index contributed by atoms with van der Waals surface area (Å²) in [5.41, 5.74) is 1.83. The van der Waals surface area contributed by atoms with Gasteiger partial charge in [0.05, 0.1) is 15.1 Å². The lowest BCUT2D eigenvalue weighted by molar-refractivity contribution is -0.384. The molecule has 0 saturated carbocycles. The predicted octanol–water partition coefficient (Wildman–Crippen LogP) is 4.64. The second-order valence-electron chi connectivity index (χ2n) is 4.30. The molecule has 0 bridgehead atoms. The molecule has 0 amide bonds. The third kappa shape index (κ3) is 3.20. The summed E-state index contributed by atoms with van der Waals surface area (Å²) in [5, 5.41) is 10.7. The molecule has 0 unspecified atom stereocenters. The minimum atomic E-state index is -0.412. The van der Waals surface area contributed by atoms with E-state index in [9.17, 15) is 14.5 Å². The fourth-order valence-corrected chi connectivity index (χ4v) is 3.85. The van der Waals surface area contributed by atoms with Crippen LogP contribution in [0, 0.1) is 15.9 Å². The highest BCUT2D eigenvalue weighted by molar-refractivity contribution is 8.00. The summed E-state index contributed by atoms with van der Waals surface area (Å²) < 4.78 is 14.5. The Morgan fingerprint density at radius 1 is 1.24 bits per heavy atom. The van der Waals surface area contributed by atoms with Gasteiger partial charge in [-0.3, -0.25) is 10.1 Å². The summed E-state index contributed by atoms with van der Waals surface area (Å²) in [7, 11) is 0. The van der Waals surface area contributed by atoms with E-state index in [-0.39, 0.29) is 11.5 Å². The van der Waals surface area contributed by atoms with Crippen molar-refractivity contribution >= 4 is 39.0 Å². The second kappa shape index (κ2) is 5.79. The van der Waals surface area contributed by atoms with Gasteiger partial charge in [-0.05, 0) is 23.8 Å². The van der Waals surface area contributed by atoms with Gasteiger partial charge in [-0.15, -0.1) is 11.3 Å². The maximum absolute atomic E-state index is 12.8. The van der Waals surface area contributed by atoms with E-state index in [4.69, 9.17) is 0 Å². The molecule has 0 aliphatic heterocycles. The molecule has 0 radical (unpaired) electrons. The molecule has 1 aromatic heterocycles. The zero-order chi connectivity index (χ0) is 14.8. The molecule has 3 rings (SSSR count). The average Bonchev–Trinajstić information content (AvgIpc) is 2.88. The minimum absolute atomic E-state index is 0.0706. The molecule has 0 saturated heterocycles. The van der Waals surface area contributed by atoms with Gasteiger partial charge in [0.1, 0.15) is 5.82 Å². The van der Waals surface area contributed by atoms with E-state index < -0.39 is 4.92 Å². The van der Waals surface area contributed by atoms with E-state index in [1.54, 1.807) is 18.2 Å². The number of rotatable bonds is 4. The molecular weight excluding hydrogens is 311 g/mol. The first-order valence-electron chi connectivity index (χ1n) is 6.04. The molecular formula is C14H9FN2O2S2. The minimum Gasteiger partial charge on any atom is -0.258 e. The Balaban J connectivity index is 1.78. The van der Waals surface area contributed by atoms with Crippen molar-refractivity contribution in [2.75, 3.05) is 0 Å². The second-order valence-corrected chi connectivity index (χ2v) is 6.56. The Kier molecular flexibility index (Phi) is 3.85. The van der Waals surface area contributed by atoms with Crippen molar-refractivity contribution in [1.29, 1.82) is 0 Å². The van der Waals surface area contributed by atoms with Crippen molar-refractivity contribution in [3.63, 3.8) is 0 Å². The van der Waals surface area contributed by atoms with Crippen molar-refractivity contribution in [2.45, 2.75) is 10.1 Å². The zero-order valence-corrected chi connectivity index (χ0v) is 12.3. The zero-order valence-electron chi connectivity index (χ0n) is 10.7. The first-order chi connectivity index (χ1) is 10.1. The molecule has 0 aliphatic rings. The van der Waals surface area contributed by atoms with Crippen LogP contribution in [0.1, 0.15) is 5.56 Å². The van der Waals surface area contributed by atoms with Crippen molar-refractivity contribution in [3.05, 3.63) is 64.0 Å². The molecule has 1 heterocycles. The highest BCUT2D eigenvalue weighted by atomic mass is 32.2. The first-order valence-corrected chi connectivity index (χ1v) is 7.84. The van der Waals surface area contributed by atoms with Crippen molar-refractivity contribution < 1.29 is 9.31 Å². The SMILES string of the molecule is O=[N+]([O-])c1ccc2nc(SCc3ccc(F)cc3)sc2c1. The number of hydrogen-bond acceptors (Lipinski definition) is 5. The van der Waals surface area contributed by atoms with E-state index >= 15 is 0 Å². The van der Waals surface area contributed by atoms with Gasteiger partial charge >= 0.3 is 0 Å². The van der Waals surface area contributed by atoms with E-state index in [2.05, 4.69) is 4.98 Å². The first kappa shape index (κ1) is 14.0. The number of fused-ring (bicyclic) bond motifs is 1. The maximum Gasteiger partial charge on any atom is 0.270 e. The Morgan fingerprint density at radius 3 is 2.71 bits per heavy atom. The van der Waals surface area contributed by atoms with Crippen molar-refractivity contribution in [3.8, 4) is 0 Å². The summed E-state index contributed by atoms with van der Waals surface area (Å²) in [6.45, 7) is 0. The number of non-ortho nitro benzene ring substituents is 1. The molecule has 3 aromatic rings. The molecule has 0 aliphatic carbocycles. The number of nitro benzene ring substituents is 1. The number of thioether (sulfide) groups is 1. The van der Waals surface area contributed by atoms with Gasteiger partial charge in [0.2, 0.25) is 0 Å². The lowest BCUT2D eigenvalue weighted by Gasteiger charge is -1.98. The lowest BCUT2D eigenvalue weighted by atomic mass is 10.2. The number of benzene rings is 2. The predicted molar refractivity (Wildman–Crippen MR) is 82.2 cm³/mol. The van der Waals surface area contributed by atoms with Crippen LogP contribution < -0.4 is 0 Å². The fraction of sp³-hybridized carbons (Fsp3) is 0.0714. The van der Waals surface area contributed by atoms with E-state index in [1.165, 1.54) is 47.4 Å². The fourth-order valence-electron chi connectivity index (χ4n) is 1.79. The number of nitrogens with zero attached hydrogens (tertiary/aromatic N) is 2. The Hall–Kier alpha value is -1.99. The van der Waals surface area contributed by atoms with Crippen LogP contribution in [-0.2, 0) is 5.75 Å². The van der Waals surface area contributed by atoms with Crippen LogP contribution in [0.2, 0.25) is 0 Å². The standard InChI is InChI=1S/C14H9FN2O2S2/c15-10-3-1-9(2-4-10)8-20-14-16-12-6-5-11(17(18)19)7-13(12)21-14/h1-7H,8H2. The Labute approximate surface area is 127 Å². The van der Waals surface area contributed by atoms with E-state index in [0.717, 1.165) is 20.1 Å². The summed E-state index contributed by atoms with van der Waals surface area (Å²) in [6, 6.07) is 11.0. The van der Waals surface area contributed by atoms with E-state index in [0.29, 0.717) is 5.75 Å². The number of aromatic nitrogens is 1. The average molecular weight is 320 g/mol. The van der Waals surface area contributed by atoms with Gasteiger partial charge in [-0.1, -0.05) is 23.9 Å². The smallest absolute Gasteiger partial charge is 0.258 e. The van der Waals surface area contributed by atoms with Crippen molar-refractivity contribution in [2.24, 2.45) is 0 Å². The van der Waals surface area contributed by atoms with Crippen molar-refractivity contribution in [1.82, 2.24) is 4.98 Å². The number of halogens is 1. The molecule has 106 valence electrons. The highest BCUT2D eigenvalue weighted by Gasteiger charge is 2.10. The van der Waals surface area contributed by atoms with Crippen LogP contribution in [-0.4, -0.2) is 9.91 Å². The van der Waals surface area contributed by atoms with Gasteiger partial charge in [-0.25, -0.2) is 9.37 Å². The van der Waals surface area contributed by atoms with Crippen LogP contribution >= 0.6 is 23.1 Å². The highest BCUT2D eigenvalue weighted by Crippen LogP contribution is 2.33. The molecule has 4 nitrogen and oxygen atoms in total. The largest absolute Gasteiger partial charge is 0.270 e. The third-order valence-electron chi connectivity index (χ3n) is 2.84. The maximum atomic E-state index is 12.8. The van der Waals surface area contributed by atoms with Crippen LogP contribution in [0.3, 0.4) is 0 Å². The summed E-state index contributed by atoms with van der Waals surface area (Å²) >= 11 is 2.96. The Bertz CT molecular complexity index is 802. The monoisotopic (exact) mass is 320 g/mol. The third-order valence-corrected chi connectivity index (χ3v) is 5.07.